The van der Waals surface area contributed by atoms with Crippen molar-refractivity contribution in [1.82, 2.24) is 14.6 Å². The SMILES string of the molecule is N#Cc1cc(F)cc([C@@H]2CC=NN2C(=O)n2ccnc2)c1. The van der Waals surface area contributed by atoms with Crippen LogP contribution in [0.5, 0.6) is 0 Å². The van der Waals surface area contributed by atoms with Gasteiger partial charge < -0.3 is 0 Å². The highest BCUT2D eigenvalue weighted by atomic mass is 19.1. The monoisotopic (exact) mass is 283 g/mol. The minimum absolute atomic E-state index is 0.215. The van der Waals surface area contributed by atoms with Gasteiger partial charge in [-0.2, -0.15) is 10.4 Å². The zero-order valence-corrected chi connectivity index (χ0v) is 10.8. The van der Waals surface area contributed by atoms with E-state index in [0.717, 1.165) is 6.07 Å². The molecule has 1 atom stereocenters. The van der Waals surface area contributed by atoms with Crippen LogP contribution in [0.25, 0.3) is 0 Å². The summed E-state index contributed by atoms with van der Waals surface area (Å²) in [6, 6.07) is 5.13. The Morgan fingerprint density at radius 1 is 1.43 bits per heavy atom. The molecule has 0 aliphatic carbocycles. The van der Waals surface area contributed by atoms with Crippen molar-refractivity contribution in [2.45, 2.75) is 12.5 Å². The molecule has 104 valence electrons. The van der Waals surface area contributed by atoms with Crippen molar-refractivity contribution >= 4 is 12.2 Å². The molecule has 2 heterocycles. The summed E-state index contributed by atoms with van der Waals surface area (Å²) in [6.45, 7) is 0. The molecule has 0 fully saturated rings. The molecule has 2 aromatic rings. The predicted molar refractivity (Wildman–Crippen MR) is 71.8 cm³/mol. The molecular weight excluding hydrogens is 273 g/mol. The quantitative estimate of drug-likeness (QED) is 0.806. The second kappa shape index (κ2) is 5.17. The van der Waals surface area contributed by atoms with Crippen molar-refractivity contribution in [2.24, 2.45) is 5.10 Å². The van der Waals surface area contributed by atoms with E-state index in [0.29, 0.717) is 12.0 Å². The van der Waals surface area contributed by atoms with E-state index in [4.69, 9.17) is 5.26 Å². The Hall–Kier alpha value is -3.01. The summed E-state index contributed by atoms with van der Waals surface area (Å²) >= 11 is 0. The van der Waals surface area contributed by atoms with Gasteiger partial charge in [-0.1, -0.05) is 0 Å². The normalized spacial score (nSPS) is 17.0. The van der Waals surface area contributed by atoms with Crippen LogP contribution >= 0.6 is 0 Å². The number of rotatable bonds is 1. The van der Waals surface area contributed by atoms with Gasteiger partial charge in [-0.25, -0.2) is 19.2 Å². The van der Waals surface area contributed by atoms with E-state index in [9.17, 15) is 9.18 Å². The third kappa shape index (κ3) is 2.39. The maximum atomic E-state index is 13.6. The lowest BCUT2D eigenvalue weighted by Gasteiger charge is -2.22. The van der Waals surface area contributed by atoms with E-state index in [-0.39, 0.29) is 11.6 Å². The lowest BCUT2D eigenvalue weighted by atomic mass is 10.0. The van der Waals surface area contributed by atoms with Crippen molar-refractivity contribution in [3.8, 4) is 6.07 Å². The predicted octanol–water partition coefficient (Wildman–Crippen LogP) is 2.29. The van der Waals surface area contributed by atoms with Crippen molar-refractivity contribution in [1.29, 1.82) is 5.26 Å². The average molecular weight is 283 g/mol. The van der Waals surface area contributed by atoms with Gasteiger partial charge in [0.15, 0.2) is 0 Å². The first-order chi connectivity index (χ1) is 10.2. The Bertz CT molecular complexity index is 747. The van der Waals surface area contributed by atoms with Crippen LogP contribution < -0.4 is 0 Å². The van der Waals surface area contributed by atoms with Crippen LogP contribution in [0.1, 0.15) is 23.6 Å². The van der Waals surface area contributed by atoms with E-state index >= 15 is 0 Å². The standard InChI is InChI=1S/C14H10FN5O/c15-12-6-10(8-16)5-11(7-12)13-1-2-18-20(13)14(21)19-4-3-17-9-19/h2-7,9,13H,1H2/t13-/m0/s1. The van der Waals surface area contributed by atoms with Crippen LogP contribution in [-0.4, -0.2) is 26.8 Å². The average Bonchev–Trinajstić information content (AvgIpc) is 3.17. The fourth-order valence-corrected chi connectivity index (χ4v) is 2.24. The molecule has 0 bridgehead atoms. The summed E-state index contributed by atoms with van der Waals surface area (Å²) in [5, 5.41) is 14.2. The van der Waals surface area contributed by atoms with Gasteiger partial charge in [-0.3, -0.25) is 4.57 Å². The van der Waals surface area contributed by atoms with E-state index < -0.39 is 11.9 Å². The molecule has 0 unspecified atom stereocenters. The topological polar surface area (TPSA) is 74.3 Å². The lowest BCUT2D eigenvalue weighted by molar-refractivity contribution is 0.187. The zero-order chi connectivity index (χ0) is 14.8. The summed E-state index contributed by atoms with van der Waals surface area (Å²) in [4.78, 5) is 16.1. The van der Waals surface area contributed by atoms with E-state index in [1.165, 1.54) is 34.4 Å². The van der Waals surface area contributed by atoms with Gasteiger partial charge in [0.25, 0.3) is 0 Å². The van der Waals surface area contributed by atoms with Gasteiger partial charge >= 0.3 is 6.03 Å². The molecule has 1 aromatic carbocycles. The van der Waals surface area contributed by atoms with Gasteiger partial charge in [0.1, 0.15) is 12.1 Å². The third-order valence-corrected chi connectivity index (χ3v) is 3.19. The Kier molecular flexibility index (Phi) is 3.20. The Morgan fingerprint density at radius 2 is 2.29 bits per heavy atom. The van der Waals surface area contributed by atoms with Crippen LogP contribution in [0.2, 0.25) is 0 Å². The Morgan fingerprint density at radius 3 is 3.00 bits per heavy atom. The van der Waals surface area contributed by atoms with Gasteiger partial charge in [-0.05, 0) is 23.8 Å². The van der Waals surface area contributed by atoms with Crippen LogP contribution in [0.15, 0.2) is 42.0 Å². The maximum Gasteiger partial charge on any atom is 0.350 e. The molecule has 21 heavy (non-hydrogen) atoms. The molecule has 1 amide bonds. The number of amides is 1. The second-order valence-corrected chi connectivity index (χ2v) is 4.53. The number of hydrogen-bond donors (Lipinski definition) is 0. The summed E-state index contributed by atoms with van der Waals surface area (Å²) in [5.41, 5.74) is 0.754. The molecule has 3 rings (SSSR count). The molecular formula is C14H10FN5O. The van der Waals surface area contributed by atoms with E-state index in [1.807, 2.05) is 6.07 Å². The number of hydrogen-bond acceptors (Lipinski definition) is 4. The number of hydrazone groups is 1. The van der Waals surface area contributed by atoms with Crippen LogP contribution in [0, 0.1) is 17.1 Å². The highest BCUT2D eigenvalue weighted by Crippen LogP contribution is 2.29. The van der Waals surface area contributed by atoms with Crippen molar-refractivity contribution in [2.75, 3.05) is 0 Å². The molecule has 0 saturated heterocycles. The fourth-order valence-electron chi connectivity index (χ4n) is 2.24. The summed E-state index contributed by atoms with van der Waals surface area (Å²) in [5.74, 6) is -0.508. The number of aromatic nitrogens is 2. The molecule has 7 heteroatoms. The van der Waals surface area contributed by atoms with Gasteiger partial charge in [-0.15, -0.1) is 0 Å². The van der Waals surface area contributed by atoms with Gasteiger partial charge in [0.05, 0.1) is 17.7 Å². The maximum absolute atomic E-state index is 13.6. The van der Waals surface area contributed by atoms with Gasteiger partial charge in [0, 0.05) is 25.0 Å². The van der Waals surface area contributed by atoms with E-state index in [2.05, 4.69) is 10.1 Å². The zero-order valence-electron chi connectivity index (χ0n) is 10.8. The number of carbonyl (C=O) groups is 1. The number of halogens is 1. The first kappa shape index (κ1) is 13.0. The number of imidazole rings is 1. The van der Waals surface area contributed by atoms with Crippen LogP contribution in [-0.2, 0) is 0 Å². The lowest BCUT2D eigenvalue weighted by Crippen LogP contribution is -2.30. The molecule has 1 aliphatic rings. The fraction of sp³-hybridized carbons (Fsp3) is 0.143. The number of benzene rings is 1. The van der Waals surface area contributed by atoms with Gasteiger partial charge in [0.2, 0.25) is 0 Å². The number of nitriles is 1. The van der Waals surface area contributed by atoms with Crippen molar-refractivity contribution in [3.05, 3.63) is 53.9 Å². The third-order valence-electron chi connectivity index (χ3n) is 3.19. The minimum Gasteiger partial charge on any atom is -0.257 e. The Labute approximate surface area is 119 Å². The first-order valence-electron chi connectivity index (χ1n) is 6.23. The molecule has 0 spiro atoms. The summed E-state index contributed by atoms with van der Waals surface area (Å²) < 4.78 is 14.9. The molecule has 6 nitrogen and oxygen atoms in total. The first-order valence-corrected chi connectivity index (χ1v) is 6.23. The minimum atomic E-state index is -0.508. The van der Waals surface area contributed by atoms with Crippen molar-refractivity contribution in [3.63, 3.8) is 0 Å². The summed E-state index contributed by atoms with van der Waals surface area (Å²) in [7, 11) is 0. The number of nitrogens with zero attached hydrogens (tertiary/aromatic N) is 5. The smallest absolute Gasteiger partial charge is 0.257 e. The van der Waals surface area contributed by atoms with Crippen LogP contribution in [0.3, 0.4) is 0 Å². The van der Waals surface area contributed by atoms with Crippen molar-refractivity contribution < 1.29 is 9.18 Å². The van der Waals surface area contributed by atoms with E-state index in [1.54, 1.807) is 12.3 Å². The Balaban J connectivity index is 1.94. The largest absolute Gasteiger partial charge is 0.350 e. The molecule has 0 N–H and O–H groups in total. The molecule has 1 aliphatic heterocycles. The number of carbonyl (C=O) groups excluding carboxylic acids is 1. The highest BCUT2D eigenvalue weighted by molar-refractivity contribution is 5.80. The van der Waals surface area contributed by atoms with Crippen LogP contribution in [0.4, 0.5) is 9.18 Å². The molecule has 1 aromatic heterocycles. The molecule has 0 saturated carbocycles. The molecule has 0 radical (unpaired) electrons. The summed E-state index contributed by atoms with van der Waals surface area (Å²) in [6.07, 6.45) is 6.44. The highest BCUT2D eigenvalue weighted by Gasteiger charge is 2.29. The second-order valence-electron chi connectivity index (χ2n) is 4.53.